The molecular weight excluding hydrogens is 260 g/mol. The lowest BCUT2D eigenvalue weighted by atomic mass is 10.2. The highest BCUT2D eigenvalue weighted by molar-refractivity contribution is 5.27. The average Bonchev–Trinajstić information content (AvgIpc) is 2.48. The molecule has 1 N–H and O–H groups in total. The summed E-state index contributed by atoms with van der Waals surface area (Å²) < 4.78 is 5.78. The minimum absolute atomic E-state index is 0.829. The molecule has 0 fully saturated rings. The molecule has 0 aromatic heterocycles. The van der Waals surface area contributed by atoms with Crippen LogP contribution in [0.4, 0.5) is 0 Å². The third kappa shape index (κ3) is 9.48. The summed E-state index contributed by atoms with van der Waals surface area (Å²) in [7, 11) is 4.26. The second-order valence-corrected chi connectivity index (χ2v) is 5.89. The average molecular weight is 292 g/mol. The summed E-state index contributed by atoms with van der Waals surface area (Å²) in [5.74, 6) is 0.988. The molecule has 0 bridgehead atoms. The molecule has 0 saturated carbocycles. The first kappa shape index (κ1) is 18.0. The van der Waals surface area contributed by atoms with Gasteiger partial charge in [-0.15, -0.1) is 0 Å². The number of ether oxygens (including phenoxy) is 1. The lowest BCUT2D eigenvalue weighted by Crippen LogP contribution is -2.13. The van der Waals surface area contributed by atoms with Crippen molar-refractivity contribution in [3.63, 3.8) is 0 Å². The number of hydrogen-bond acceptors (Lipinski definition) is 3. The van der Waals surface area contributed by atoms with Crippen molar-refractivity contribution in [3.05, 3.63) is 29.8 Å². The van der Waals surface area contributed by atoms with Crippen molar-refractivity contribution in [1.82, 2.24) is 10.2 Å². The number of hydrogen-bond donors (Lipinski definition) is 1. The van der Waals surface area contributed by atoms with Crippen molar-refractivity contribution < 1.29 is 4.74 Å². The van der Waals surface area contributed by atoms with E-state index in [0.717, 1.165) is 31.9 Å². The Bertz CT molecular complexity index is 349. The SMILES string of the molecule is CCCNCc1ccc(OCCCCCCN(C)C)cc1. The van der Waals surface area contributed by atoms with Gasteiger partial charge < -0.3 is 15.0 Å². The van der Waals surface area contributed by atoms with Gasteiger partial charge in [-0.2, -0.15) is 0 Å². The smallest absolute Gasteiger partial charge is 0.119 e. The largest absolute Gasteiger partial charge is 0.494 e. The molecule has 1 aromatic carbocycles. The van der Waals surface area contributed by atoms with Crippen LogP contribution in [0.3, 0.4) is 0 Å². The Labute approximate surface area is 130 Å². The van der Waals surface area contributed by atoms with Crippen molar-refractivity contribution in [2.24, 2.45) is 0 Å². The number of rotatable bonds is 12. The van der Waals surface area contributed by atoms with Crippen LogP contribution in [-0.4, -0.2) is 38.7 Å². The summed E-state index contributed by atoms with van der Waals surface area (Å²) >= 11 is 0. The van der Waals surface area contributed by atoms with Crippen LogP contribution in [0, 0.1) is 0 Å². The van der Waals surface area contributed by atoms with Gasteiger partial charge in [0.15, 0.2) is 0 Å². The van der Waals surface area contributed by atoms with Crippen molar-refractivity contribution in [2.45, 2.75) is 45.6 Å². The van der Waals surface area contributed by atoms with Crippen LogP contribution in [0.25, 0.3) is 0 Å². The Kier molecular flexibility index (Phi) is 9.92. The van der Waals surface area contributed by atoms with Crippen LogP contribution in [-0.2, 0) is 6.54 Å². The van der Waals surface area contributed by atoms with Crippen molar-refractivity contribution in [1.29, 1.82) is 0 Å². The number of benzene rings is 1. The van der Waals surface area contributed by atoms with E-state index in [4.69, 9.17) is 4.74 Å². The maximum absolute atomic E-state index is 5.78. The van der Waals surface area contributed by atoms with Gasteiger partial charge in [-0.25, -0.2) is 0 Å². The van der Waals surface area contributed by atoms with E-state index >= 15 is 0 Å². The van der Waals surface area contributed by atoms with Gasteiger partial charge in [-0.1, -0.05) is 31.9 Å². The van der Waals surface area contributed by atoms with Gasteiger partial charge in [0, 0.05) is 6.54 Å². The van der Waals surface area contributed by atoms with Gasteiger partial charge in [0.1, 0.15) is 5.75 Å². The number of nitrogens with one attached hydrogen (secondary N) is 1. The van der Waals surface area contributed by atoms with Gasteiger partial charge in [0.25, 0.3) is 0 Å². The van der Waals surface area contributed by atoms with E-state index in [1.807, 2.05) is 0 Å². The molecule has 0 unspecified atom stereocenters. The minimum atomic E-state index is 0.829. The molecule has 0 aliphatic carbocycles. The zero-order valence-electron chi connectivity index (χ0n) is 14.0. The van der Waals surface area contributed by atoms with Crippen molar-refractivity contribution >= 4 is 0 Å². The first-order chi connectivity index (χ1) is 10.2. The zero-order valence-corrected chi connectivity index (χ0v) is 14.0. The number of unbranched alkanes of at least 4 members (excludes halogenated alkanes) is 3. The van der Waals surface area contributed by atoms with E-state index in [2.05, 4.69) is 55.5 Å². The van der Waals surface area contributed by atoms with Gasteiger partial charge in [0.05, 0.1) is 6.61 Å². The predicted molar refractivity (Wildman–Crippen MR) is 91.0 cm³/mol. The molecule has 0 aliphatic heterocycles. The summed E-state index contributed by atoms with van der Waals surface area (Å²) in [6.07, 6.45) is 6.16. The first-order valence-corrected chi connectivity index (χ1v) is 8.29. The zero-order chi connectivity index (χ0) is 15.3. The van der Waals surface area contributed by atoms with Crippen LogP contribution < -0.4 is 10.1 Å². The van der Waals surface area contributed by atoms with Gasteiger partial charge in [-0.05, 0) is 64.1 Å². The molecule has 1 aromatic rings. The molecule has 1 rings (SSSR count). The van der Waals surface area contributed by atoms with E-state index < -0.39 is 0 Å². The van der Waals surface area contributed by atoms with Gasteiger partial charge >= 0.3 is 0 Å². The van der Waals surface area contributed by atoms with Gasteiger partial charge in [-0.3, -0.25) is 0 Å². The Hall–Kier alpha value is -1.06. The molecule has 0 amide bonds. The van der Waals surface area contributed by atoms with Crippen LogP contribution in [0.1, 0.15) is 44.6 Å². The minimum Gasteiger partial charge on any atom is -0.494 e. The molecule has 120 valence electrons. The van der Waals surface area contributed by atoms with Crippen molar-refractivity contribution in [3.8, 4) is 5.75 Å². The van der Waals surface area contributed by atoms with E-state index in [9.17, 15) is 0 Å². The van der Waals surface area contributed by atoms with Crippen molar-refractivity contribution in [2.75, 3.05) is 33.8 Å². The molecule has 0 aliphatic rings. The van der Waals surface area contributed by atoms with E-state index in [-0.39, 0.29) is 0 Å². The summed E-state index contributed by atoms with van der Waals surface area (Å²) in [4.78, 5) is 2.24. The molecule has 3 heteroatoms. The topological polar surface area (TPSA) is 24.5 Å². The van der Waals surface area contributed by atoms with Crippen LogP contribution in [0.15, 0.2) is 24.3 Å². The second-order valence-electron chi connectivity index (χ2n) is 5.89. The fourth-order valence-electron chi connectivity index (χ4n) is 2.19. The molecule has 3 nitrogen and oxygen atoms in total. The van der Waals surface area contributed by atoms with Gasteiger partial charge in [0.2, 0.25) is 0 Å². The molecule has 0 heterocycles. The Balaban J connectivity index is 2.07. The third-order valence-electron chi connectivity index (χ3n) is 3.45. The summed E-state index contributed by atoms with van der Waals surface area (Å²) in [6.45, 7) is 6.22. The Morgan fingerprint density at radius 1 is 1.00 bits per heavy atom. The molecular formula is C18H32N2O. The highest BCUT2D eigenvalue weighted by atomic mass is 16.5. The maximum atomic E-state index is 5.78. The summed E-state index contributed by atoms with van der Waals surface area (Å²) in [5.41, 5.74) is 1.32. The highest BCUT2D eigenvalue weighted by Crippen LogP contribution is 2.13. The monoisotopic (exact) mass is 292 g/mol. The highest BCUT2D eigenvalue weighted by Gasteiger charge is 1.97. The van der Waals surface area contributed by atoms with E-state index in [1.54, 1.807) is 0 Å². The Morgan fingerprint density at radius 3 is 2.38 bits per heavy atom. The number of nitrogens with zero attached hydrogens (tertiary/aromatic N) is 1. The fraction of sp³-hybridized carbons (Fsp3) is 0.667. The second kappa shape index (κ2) is 11.6. The Morgan fingerprint density at radius 2 is 1.71 bits per heavy atom. The predicted octanol–water partition coefficient (Wildman–Crippen LogP) is 3.69. The normalized spacial score (nSPS) is 11.0. The molecule has 0 atom stereocenters. The summed E-state index contributed by atoms with van der Waals surface area (Å²) in [5, 5.41) is 3.41. The van der Waals surface area contributed by atoms with E-state index in [0.29, 0.717) is 0 Å². The van der Waals surface area contributed by atoms with E-state index in [1.165, 1.54) is 37.8 Å². The molecule has 21 heavy (non-hydrogen) atoms. The summed E-state index contributed by atoms with van der Waals surface area (Å²) in [6, 6.07) is 8.45. The quantitative estimate of drug-likeness (QED) is 0.595. The molecule has 0 radical (unpaired) electrons. The third-order valence-corrected chi connectivity index (χ3v) is 3.45. The van der Waals surface area contributed by atoms with Crippen LogP contribution >= 0.6 is 0 Å². The molecule has 0 saturated heterocycles. The first-order valence-electron chi connectivity index (χ1n) is 8.29. The van der Waals surface area contributed by atoms with Crippen LogP contribution in [0.2, 0.25) is 0 Å². The molecule has 0 spiro atoms. The van der Waals surface area contributed by atoms with Crippen LogP contribution in [0.5, 0.6) is 5.75 Å². The maximum Gasteiger partial charge on any atom is 0.119 e. The fourth-order valence-corrected chi connectivity index (χ4v) is 2.19. The lowest BCUT2D eigenvalue weighted by molar-refractivity contribution is 0.302. The standard InChI is InChI=1S/C18H32N2O/c1-4-13-19-16-17-9-11-18(12-10-17)21-15-8-6-5-7-14-20(2)3/h9-12,19H,4-8,13-16H2,1-3H3. The lowest BCUT2D eigenvalue weighted by Gasteiger charge is -2.09.